The molecule has 2 aromatic heterocycles. The van der Waals surface area contributed by atoms with Gasteiger partial charge >= 0.3 is 6.09 Å². The number of carbonyl (C=O) groups is 1. The molecule has 6 nitrogen and oxygen atoms in total. The lowest BCUT2D eigenvalue weighted by Gasteiger charge is -2.33. The molecule has 1 unspecified atom stereocenters. The molecule has 1 aliphatic heterocycles. The maximum atomic E-state index is 12.6. The first-order chi connectivity index (χ1) is 14.5. The molecular weight excluding hydrogens is 378 g/mol. The van der Waals surface area contributed by atoms with E-state index in [1.54, 1.807) is 0 Å². The number of rotatable bonds is 6. The van der Waals surface area contributed by atoms with Crippen molar-refractivity contribution < 1.29 is 14.3 Å². The number of H-pyrrole nitrogens is 2. The quantitative estimate of drug-likeness (QED) is 0.482. The average molecular weight is 403 g/mol. The second kappa shape index (κ2) is 7.13. The summed E-state index contributed by atoms with van der Waals surface area (Å²) in [6.07, 6.45) is 4.08. The van der Waals surface area contributed by atoms with Crippen LogP contribution in [0.15, 0.2) is 60.9 Å². The summed E-state index contributed by atoms with van der Waals surface area (Å²) in [5, 5.41) is 2.22. The molecule has 2 N–H and O–H groups in total. The second-order valence-electron chi connectivity index (χ2n) is 8.47. The highest BCUT2D eigenvalue weighted by atomic mass is 16.6. The number of aromatic nitrogens is 2. The van der Waals surface area contributed by atoms with E-state index in [1.165, 1.54) is 10.9 Å². The highest BCUT2D eigenvalue weighted by Crippen LogP contribution is 2.30. The molecule has 0 radical (unpaired) electrons. The van der Waals surface area contributed by atoms with Crippen molar-refractivity contribution in [2.75, 3.05) is 13.2 Å². The number of amides is 1. The number of nitrogens with one attached hydrogen (secondary N) is 2. The summed E-state index contributed by atoms with van der Waals surface area (Å²) in [4.78, 5) is 21.0. The van der Waals surface area contributed by atoms with Gasteiger partial charge in [0, 0.05) is 39.7 Å². The number of fused-ring (bicyclic) bond motifs is 2. The zero-order chi connectivity index (χ0) is 20.7. The summed E-state index contributed by atoms with van der Waals surface area (Å²) >= 11 is 0. The Hall–Kier alpha value is -3.41. The van der Waals surface area contributed by atoms with Crippen molar-refractivity contribution in [1.82, 2.24) is 14.9 Å². The van der Waals surface area contributed by atoms with Gasteiger partial charge in [0.05, 0.1) is 6.54 Å². The van der Waals surface area contributed by atoms with Crippen molar-refractivity contribution in [1.29, 1.82) is 0 Å². The highest BCUT2D eigenvalue weighted by Gasteiger charge is 2.41. The van der Waals surface area contributed by atoms with Crippen molar-refractivity contribution in [2.45, 2.75) is 31.9 Å². The fourth-order valence-corrected chi connectivity index (χ4v) is 4.31. The first-order valence-electron chi connectivity index (χ1n) is 10.2. The van der Waals surface area contributed by atoms with E-state index in [9.17, 15) is 4.79 Å². The molecule has 3 heterocycles. The van der Waals surface area contributed by atoms with Crippen LogP contribution in [0.4, 0.5) is 4.79 Å². The standard InChI is InChI=1S/C24H25N3O3/c1-24(2,12-16-13-26-20-7-4-3-6-18(16)20)27-14-17(30-23(27)28)15-29-22-9-5-8-21-19(22)10-11-25-21/h3-11,13,17,25-26H,12,14-15H2,1-2H3. The second-order valence-corrected chi connectivity index (χ2v) is 8.47. The third-order valence-corrected chi connectivity index (χ3v) is 5.88. The van der Waals surface area contributed by atoms with Gasteiger partial charge in [-0.25, -0.2) is 4.79 Å². The fraction of sp³-hybridized carbons (Fsp3) is 0.292. The molecule has 1 saturated heterocycles. The Morgan fingerprint density at radius 2 is 1.87 bits per heavy atom. The Balaban J connectivity index is 1.27. The van der Waals surface area contributed by atoms with E-state index in [1.807, 2.05) is 53.7 Å². The molecule has 1 fully saturated rings. The van der Waals surface area contributed by atoms with Crippen LogP contribution in [0.5, 0.6) is 5.75 Å². The predicted octanol–water partition coefficient (Wildman–Crippen LogP) is 4.87. The minimum absolute atomic E-state index is 0.284. The van der Waals surface area contributed by atoms with E-state index in [0.717, 1.165) is 28.6 Å². The molecule has 1 atom stereocenters. The molecule has 2 aromatic carbocycles. The van der Waals surface area contributed by atoms with Crippen LogP contribution < -0.4 is 4.74 Å². The smallest absolute Gasteiger partial charge is 0.410 e. The van der Waals surface area contributed by atoms with Gasteiger partial charge < -0.3 is 19.4 Å². The molecule has 6 heteroatoms. The van der Waals surface area contributed by atoms with Crippen LogP contribution in [0.3, 0.4) is 0 Å². The third kappa shape index (κ3) is 3.28. The summed E-state index contributed by atoms with van der Waals surface area (Å²) in [5.41, 5.74) is 2.95. The number of nitrogens with zero attached hydrogens (tertiary/aromatic N) is 1. The highest BCUT2D eigenvalue weighted by molar-refractivity contribution is 5.85. The Kier molecular flexibility index (Phi) is 4.42. The fourth-order valence-electron chi connectivity index (χ4n) is 4.31. The number of aromatic amines is 2. The average Bonchev–Trinajstić information content (AvgIpc) is 3.45. The number of cyclic esters (lactones) is 1. The van der Waals surface area contributed by atoms with Crippen molar-refractivity contribution in [3.05, 3.63) is 66.5 Å². The number of hydrogen-bond acceptors (Lipinski definition) is 3. The van der Waals surface area contributed by atoms with Crippen molar-refractivity contribution in [2.24, 2.45) is 0 Å². The van der Waals surface area contributed by atoms with Crippen LogP contribution in [0, 0.1) is 0 Å². The van der Waals surface area contributed by atoms with Crippen LogP contribution in [-0.2, 0) is 11.2 Å². The lowest BCUT2D eigenvalue weighted by Crippen LogP contribution is -2.46. The molecule has 1 aliphatic rings. The van der Waals surface area contributed by atoms with Gasteiger partial charge in [0.25, 0.3) is 0 Å². The molecular formula is C24H25N3O3. The topological polar surface area (TPSA) is 70.3 Å². The molecule has 0 aliphatic carbocycles. The summed E-state index contributed by atoms with van der Waals surface area (Å²) in [7, 11) is 0. The van der Waals surface area contributed by atoms with Gasteiger partial charge in [-0.2, -0.15) is 0 Å². The largest absolute Gasteiger partial charge is 0.489 e. The van der Waals surface area contributed by atoms with Crippen LogP contribution in [0.2, 0.25) is 0 Å². The summed E-state index contributed by atoms with van der Waals surface area (Å²) in [6.45, 7) is 5.01. The number of hydrogen-bond donors (Lipinski definition) is 2. The molecule has 154 valence electrons. The van der Waals surface area contributed by atoms with Gasteiger partial charge in [0.15, 0.2) is 6.10 Å². The van der Waals surface area contributed by atoms with E-state index in [2.05, 4.69) is 35.9 Å². The molecule has 30 heavy (non-hydrogen) atoms. The van der Waals surface area contributed by atoms with Gasteiger partial charge in [-0.05, 0) is 50.1 Å². The van der Waals surface area contributed by atoms with Crippen LogP contribution in [0.1, 0.15) is 19.4 Å². The first kappa shape index (κ1) is 18.6. The maximum absolute atomic E-state index is 12.6. The summed E-state index contributed by atoms with van der Waals surface area (Å²) in [5.74, 6) is 0.793. The molecule has 5 rings (SSSR count). The molecule has 4 aromatic rings. The Morgan fingerprint density at radius 3 is 2.77 bits per heavy atom. The minimum atomic E-state index is -0.378. The third-order valence-electron chi connectivity index (χ3n) is 5.88. The normalized spacial score (nSPS) is 17.1. The van der Waals surface area contributed by atoms with Crippen molar-refractivity contribution >= 4 is 27.9 Å². The summed E-state index contributed by atoms with van der Waals surface area (Å²) < 4.78 is 11.6. The van der Waals surface area contributed by atoms with Crippen LogP contribution in [-0.4, -0.2) is 45.8 Å². The van der Waals surface area contributed by atoms with E-state index in [4.69, 9.17) is 9.47 Å². The Labute approximate surface area is 174 Å². The van der Waals surface area contributed by atoms with Crippen LogP contribution >= 0.6 is 0 Å². The number of benzene rings is 2. The van der Waals surface area contributed by atoms with E-state index in [-0.39, 0.29) is 17.7 Å². The van der Waals surface area contributed by atoms with Gasteiger partial charge in [0.1, 0.15) is 12.4 Å². The maximum Gasteiger partial charge on any atom is 0.410 e. The molecule has 0 spiro atoms. The predicted molar refractivity (Wildman–Crippen MR) is 117 cm³/mol. The first-order valence-corrected chi connectivity index (χ1v) is 10.2. The zero-order valence-corrected chi connectivity index (χ0v) is 17.1. The number of ether oxygens (including phenoxy) is 2. The minimum Gasteiger partial charge on any atom is -0.489 e. The Morgan fingerprint density at radius 1 is 1.07 bits per heavy atom. The van der Waals surface area contributed by atoms with E-state index < -0.39 is 0 Å². The van der Waals surface area contributed by atoms with Gasteiger partial charge in [-0.3, -0.25) is 4.90 Å². The van der Waals surface area contributed by atoms with Crippen molar-refractivity contribution in [3.63, 3.8) is 0 Å². The van der Waals surface area contributed by atoms with E-state index in [0.29, 0.717) is 13.2 Å². The van der Waals surface area contributed by atoms with Gasteiger partial charge in [-0.15, -0.1) is 0 Å². The SMILES string of the molecule is CC(C)(Cc1c[nH]c2ccccc12)N1CC(COc2cccc3[nH]ccc23)OC1=O. The Bertz CT molecular complexity index is 1210. The summed E-state index contributed by atoms with van der Waals surface area (Å²) in [6, 6.07) is 16.1. The van der Waals surface area contributed by atoms with E-state index >= 15 is 0 Å². The van der Waals surface area contributed by atoms with Crippen molar-refractivity contribution in [3.8, 4) is 5.75 Å². The zero-order valence-electron chi connectivity index (χ0n) is 17.1. The molecule has 0 saturated carbocycles. The van der Waals surface area contributed by atoms with Crippen LogP contribution in [0.25, 0.3) is 21.8 Å². The lowest BCUT2D eigenvalue weighted by atomic mass is 9.93. The molecule has 0 bridgehead atoms. The van der Waals surface area contributed by atoms with Gasteiger partial charge in [-0.1, -0.05) is 24.3 Å². The lowest BCUT2D eigenvalue weighted by molar-refractivity contribution is 0.0986. The monoisotopic (exact) mass is 403 g/mol. The number of carbonyl (C=O) groups excluding carboxylic acids is 1. The van der Waals surface area contributed by atoms with Gasteiger partial charge in [0.2, 0.25) is 0 Å². The molecule has 1 amide bonds. The number of para-hydroxylation sites is 1.